The normalized spacial score (nSPS) is 16.2. The van der Waals surface area contributed by atoms with Gasteiger partial charge < -0.3 is 15.3 Å². The molecular weight excluding hydrogens is 468 g/mol. The first-order chi connectivity index (χ1) is 17.8. The number of carboxylic acid groups (broad SMARTS) is 1. The highest BCUT2D eigenvalue weighted by Crippen LogP contribution is 2.29. The van der Waals surface area contributed by atoms with E-state index in [1.54, 1.807) is 12.3 Å². The van der Waals surface area contributed by atoms with Crippen molar-refractivity contribution < 1.29 is 19.5 Å². The molecule has 0 aliphatic carbocycles. The maximum Gasteiger partial charge on any atom is 0.324 e. The second kappa shape index (κ2) is 11.7. The van der Waals surface area contributed by atoms with Crippen LogP contribution in [0.2, 0.25) is 0 Å². The summed E-state index contributed by atoms with van der Waals surface area (Å²) in [6, 6.07) is 18.5. The highest BCUT2D eigenvalue weighted by molar-refractivity contribution is 5.99. The van der Waals surface area contributed by atoms with Crippen molar-refractivity contribution in [2.75, 3.05) is 17.2 Å². The van der Waals surface area contributed by atoms with E-state index in [2.05, 4.69) is 15.6 Å². The van der Waals surface area contributed by atoms with E-state index in [1.165, 1.54) is 0 Å². The maximum atomic E-state index is 13.3. The van der Waals surface area contributed by atoms with Crippen LogP contribution in [0.15, 0.2) is 66.9 Å². The second-order valence-corrected chi connectivity index (χ2v) is 9.57. The number of carbonyl (C=O) groups excluding carboxylic acids is 2. The average Bonchev–Trinajstić information content (AvgIpc) is 2.87. The van der Waals surface area contributed by atoms with Gasteiger partial charge in [0.1, 0.15) is 5.82 Å². The highest BCUT2D eigenvalue weighted by Gasteiger charge is 2.30. The number of carbonyl (C=O) groups is 3. The van der Waals surface area contributed by atoms with Gasteiger partial charge in [-0.3, -0.25) is 14.9 Å². The van der Waals surface area contributed by atoms with Crippen LogP contribution in [-0.2, 0) is 16.1 Å². The lowest BCUT2D eigenvalue weighted by molar-refractivity contribution is -0.137. The van der Waals surface area contributed by atoms with Gasteiger partial charge in [-0.2, -0.15) is 0 Å². The number of amides is 3. The zero-order valence-corrected chi connectivity index (χ0v) is 21.1. The molecule has 0 saturated carbocycles. The summed E-state index contributed by atoms with van der Waals surface area (Å²) in [6.07, 6.45) is 3.39. The number of likely N-dealkylation sites (tertiary alicyclic amines) is 1. The number of para-hydroxylation sites is 1. The molecule has 37 heavy (non-hydrogen) atoms. The van der Waals surface area contributed by atoms with Gasteiger partial charge in [-0.25, -0.2) is 9.78 Å². The van der Waals surface area contributed by atoms with Gasteiger partial charge in [0.05, 0.1) is 12.3 Å². The lowest BCUT2D eigenvalue weighted by Gasteiger charge is -2.32. The molecule has 1 saturated heterocycles. The highest BCUT2D eigenvalue weighted by atomic mass is 16.4. The summed E-state index contributed by atoms with van der Waals surface area (Å²) in [7, 11) is 0. The largest absolute Gasteiger partial charge is 0.481 e. The standard InChI is InChI=1S/C29H32N4O4/c1-19-6-3-4-8-25(19)31-29(37)32-26-14-13-23(17-30-26)24-7-5-15-33(28(24)36)18-21-9-11-22(12-10-21)20(2)16-27(34)35/h3-4,6,8-14,17,20,24H,5,7,15-16,18H2,1-2H3,(H,34,35)(H2,30,31,32,37)/t20-,24?/m1/s1. The Morgan fingerprint density at radius 2 is 1.84 bits per heavy atom. The number of aliphatic carboxylic acids is 1. The summed E-state index contributed by atoms with van der Waals surface area (Å²) in [5.74, 6) is -0.677. The van der Waals surface area contributed by atoms with Crippen molar-refractivity contribution in [3.63, 3.8) is 0 Å². The van der Waals surface area contributed by atoms with E-state index in [1.807, 2.05) is 73.3 Å². The van der Waals surface area contributed by atoms with Crippen molar-refractivity contribution in [2.45, 2.75) is 51.5 Å². The van der Waals surface area contributed by atoms with Crippen molar-refractivity contribution in [3.8, 4) is 0 Å². The van der Waals surface area contributed by atoms with E-state index >= 15 is 0 Å². The molecule has 1 fully saturated rings. The van der Waals surface area contributed by atoms with E-state index in [-0.39, 0.29) is 30.2 Å². The Morgan fingerprint density at radius 3 is 2.51 bits per heavy atom. The van der Waals surface area contributed by atoms with Crippen molar-refractivity contribution in [3.05, 3.63) is 89.1 Å². The number of hydrogen-bond acceptors (Lipinski definition) is 4. The summed E-state index contributed by atoms with van der Waals surface area (Å²) < 4.78 is 0. The first kappa shape index (κ1) is 25.9. The number of piperidine rings is 1. The number of pyridine rings is 1. The zero-order chi connectivity index (χ0) is 26.4. The average molecular weight is 501 g/mol. The molecule has 4 rings (SSSR count). The molecule has 1 unspecified atom stereocenters. The van der Waals surface area contributed by atoms with Gasteiger partial charge in [-0.05, 0) is 60.1 Å². The van der Waals surface area contributed by atoms with Crippen LogP contribution in [0.1, 0.15) is 60.3 Å². The number of urea groups is 1. The molecule has 192 valence electrons. The molecule has 0 spiro atoms. The Kier molecular flexibility index (Phi) is 8.18. The van der Waals surface area contributed by atoms with E-state index in [4.69, 9.17) is 5.11 Å². The summed E-state index contributed by atoms with van der Waals surface area (Å²) in [6.45, 7) is 5.02. The van der Waals surface area contributed by atoms with Crippen LogP contribution in [0.5, 0.6) is 0 Å². The summed E-state index contributed by atoms with van der Waals surface area (Å²) in [4.78, 5) is 42.8. The number of anilines is 2. The van der Waals surface area contributed by atoms with Gasteiger partial charge in [0.15, 0.2) is 0 Å². The first-order valence-electron chi connectivity index (χ1n) is 12.5. The monoisotopic (exact) mass is 500 g/mol. The molecular formula is C29H32N4O4. The fourth-order valence-electron chi connectivity index (χ4n) is 4.63. The summed E-state index contributed by atoms with van der Waals surface area (Å²) in [5.41, 5.74) is 4.51. The topological polar surface area (TPSA) is 112 Å². The molecule has 2 aromatic carbocycles. The van der Waals surface area contributed by atoms with Gasteiger partial charge in [0.2, 0.25) is 5.91 Å². The quantitative estimate of drug-likeness (QED) is 0.377. The van der Waals surface area contributed by atoms with Gasteiger partial charge in [-0.1, -0.05) is 55.5 Å². The minimum Gasteiger partial charge on any atom is -0.481 e. The van der Waals surface area contributed by atoms with Crippen molar-refractivity contribution in [1.29, 1.82) is 0 Å². The minimum atomic E-state index is -0.814. The molecule has 8 heteroatoms. The van der Waals surface area contributed by atoms with E-state index in [0.29, 0.717) is 18.9 Å². The molecule has 0 bridgehead atoms. The number of benzene rings is 2. The van der Waals surface area contributed by atoms with Crippen molar-refractivity contribution in [2.24, 2.45) is 0 Å². The van der Waals surface area contributed by atoms with Crippen LogP contribution in [-0.4, -0.2) is 39.4 Å². The van der Waals surface area contributed by atoms with Gasteiger partial charge >= 0.3 is 12.0 Å². The SMILES string of the molecule is Cc1ccccc1NC(=O)Nc1ccc(C2CCCN(Cc3ccc([C@H](C)CC(=O)O)cc3)C2=O)cn1. The number of aryl methyl sites for hydroxylation is 1. The number of nitrogens with one attached hydrogen (secondary N) is 2. The van der Waals surface area contributed by atoms with Crippen molar-refractivity contribution >= 4 is 29.4 Å². The summed E-state index contributed by atoms with van der Waals surface area (Å²) >= 11 is 0. The lowest BCUT2D eigenvalue weighted by atomic mass is 9.90. The Morgan fingerprint density at radius 1 is 1.08 bits per heavy atom. The molecule has 1 aliphatic rings. The Hall–Kier alpha value is -4.20. The fraction of sp³-hybridized carbons (Fsp3) is 0.310. The fourth-order valence-corrected chi connectivity index (χ4v) is 4.63. The summed E-state index contributed by atoms with van der Waals surface area (Å²) in [5, 5.41) is 14.6. The zero-order valence-electron chi connectivity index (χ0n) is 21.1. The van der Waals surface area contributed by atoms with Crippen LogP contribution in [0.25, 0.3) is 0 Å². The van der Waals surface area contributed by atoms with Crippen LogP contribution >= 0.6 is 0 Å². The molecule has 3 amide bonds. The van der Waals surface area contributed by atoms with Crippen molar-refractivity contribution in [1.82, 2.24) is 9.88 Å². The number of carboxylic acids is 1. The smallest absolute Gasteiger partial charge is 0.324 e. The molecule has 0 radical (unpaired) electrons. The van der Waals surface area contributed by atoms with E-state index in [0.717, 1.165) is 40.8 Å². The second-order valence-electron chi connectivity index (χ2n) is 9.57. The van der Waals surface area contributed by atoms with E-state index < -0.39 is 5.97 Å². The third-order valence-electron chi connectivity index (χ3n) is 6.76. The van der Waals surface area contributed by atoms with Crippen LogP contribution in [0, 0.1) is 6.92 Å². The third kappa shape index (κ3) is 6.73. The number of aromatic nitrogens is 1. The molecule has 1 aromatic heterocycles. The van der Waals surface area contributed by atoms with Gasteiger partial charge in [-0.15, -0.1) is 0 Å². The third-order valence-corrected chi connectivity index (χ3v) is 6.76. The predicted molar refractivity (Wildman–Crippen MR) is 143 cm³/mol. The predicted octanol–water partition coefficient (Wildman–Crippen LogP) is 5.52. The Bertz CT molecular complexity index is 1260. The van der Waals surface area contributed by atoms with E-state index in [9.17, 15) is 14.4 Å². The molecule has 3 N–H and O–H groups in total. The van der Waals surface area contributed by atoms with Gasteiger partial charge in [0, 0.05) is 25.0 Å². The Balaban J connectivity index is 1.35. The molecule has 2 heterocycles. The molecule has 2 atom stereocenters. The maximum absolute atomic E-state index is 13.3. The number of rotatable bonds is 8. The molecule has 3 aromatic rings. The minimum absolute atomic E-state index is 0.0639. The van der Waals surface area contributed by atoms with Gasteiger partial charge in [0.25, 0.3) is 0 Å². The lowest BCUT2D eigenvalue weighted by Crippen LogP contribution is -2.39. The molecule has 8 nitrogen and oxygen atoms in total. The Labute approximate surface area is 216 Å². The number of nitrogens with zero attached hydrogens (tertiary/aromatic N) is 2. The number of hydrogen-bond donors (Lipinski definition) is 3. The first-order valence-corrected chi connectivity index (χ1v) is 12.5. The van der Waals surface area contributed by atoms with Crippen LogP contribution in [0.3, 0.4) is 0 Å². The van der Waals surface area contributed by atoms with Crippen LogP contribution in [0.4, 0.5) is 16.3 Å². The van der Waals surface area contributed by atoms with Crippen LogP contribution < -0.4 is 10.6 Å². The molecule has 1 aliphatic heterocycles.